The number of carbonyl (C=O) groups excluding carboxylic acids is 2. The minimum absolute atomic E-state index is 0.0181. The smallest absolute Gasteiger partial charge is 0.263 e. The van der Waals surface area contributed by atoms with Crippen molar-refractivity contribution in [3.63, 3.8) is 0 Å². The molecule has 2 amide bonds. The third kappa shape index (κ3) is 4.89. The van der Waals surface area contributed by atoms with Crippen molar-refractivity contribution >= 4 is 28.8 Å². The Morgan fingerprint density at radius 2 is 1.87 bits per heavy atom. The Labute approximate surface area is 140 Å². The number of hydrogen-bond acceptors (Lipinski definition) is 4. The molecule has 5 nitrogen and oxygen atoms in total. The van der Waals surface area contributed by atoms with E-state index in [9.17, 15) is 9.59 Å². The van der Waals surface area contributed by atoms with Crippen LogP contribution in [0.15, 0.2) is 24.3 Å². The van der Waals surface area contributed by atoms with Gasteiger partial charge in [0, 0.05) is 18.7 Å². The van der Waals surface area contributed by atoms with Gasteiger partial charge in [0.1, 0.15) is 4.88 Å². The molecule has 122 valence electrons. The highest BCUT2D eigenvalue weighted by molar-refractivity contribution is 7.13. The predicted molar refractivity (Wildman–Crippen MR) is 92.7 cm³/mol. The predicted octanol–water partition coefficient (Wildman–Crippen LogP) is 3.43. The first-order chi connectivity index (χ1) is 11.0. The molecular formula is C17H21N3O2S. The van der Waals surface area contributed by atoms with Crippen LogP contribution in [0.2, 0.25) is 0 Å². The molecular weight excluding hydrogens is 310 g/mol. The summed E-state index contributed by atoms with van der Waals surface area (Å²) in [6.45, 7) is 6.14. The molecule has 0 aliphatic carbocycles. The largest absolute Gasteiger partial charge is 0.347 e. The van der Waals surface area contributed by atoms with Gasteiger partial charge < -0.3 is 10.6 Å². The maximum absolute atomic E-state index is 12.1. The van der Waals surface area contributed by atoms with Gasteiger partial charge >= 0.3 is 0 Å². The summed E-state index contributed by atoms with van der Waals surface area (Å²) in [6.07, 6.45) is 1.35. The average Bonchev–Trinajstić information content (AvgIpc) is 2.85. The highest BCUT2D eigenvalue weighted by atomic mass is 32.1. The maximum atomic E-state index is 12.1. The Morgan fingerprint density at radius 1 is 1.17 bits per heavy atom. The van der Waals surface area contributed by atoms with E-state index in [1.807, 2.05) is 45.0 Å². The number of anilines is 1. The maximum Gasteiger partial charge on any atom is 0.263 e. The number of hydrogen-bond donors (Lipinski definition) is 2. The number of benzene rings is 1. The minimum Gasteiger partial charge on any atom is -0.347 e. The van der Waals surface area contributed by atoms with Crippen molar-refractivity contribution < 1.29 is 9.59 Å². The van der Waals surface area contributed by atoms with Gasteiger partial charge in [0.05, 0.1) is 10.7 Å². The molecule has 2 aromatic rings. The zero-order valence-electron chi connectivity index (χ0n) is 13.6. The van der Waals surface area contributed by atoms with Crippen molar-refractivity contribution in [2.75, 3.05) is 5.32 Å². The molecule has 0 unspecified atom stereocenters. The van der Waals surface area contributed by atoms with E-state index in [4.69, 9.17) is 0 Å². The van der Waals surface area contributed by atoms with Crippen molar-refractivity contribution in [1.82, 2.24) is 10.3 Å². The third-order valence-electron chi connectivity index (χ3n) is 3.28. The lowest BCUT2D eigenvalue weighted by Gasteiger charge is -2.07. The second-order valence-corrected chi connectivity index (χ2v) is 6.53. The van der Waals surface area contributed by atoms with E-state index >= 15 is 0 Å². The summed E-state index contributed by atoms with van der Waals surface area (Å²) in [5.41, 5.74) is 2.51. The van der Waals surface area contributed by atoms with Gasteiger partial charge in [0.15, 0.2) is 0 Å². The van der Waals surface area contributed by atoms with E-state index in [0.717, 1.165) is 28.4 Å². The van der Waals surface area contributed by atoms with Gasteiger partial charge in [-0.2, -0.15) is 0 Å². The van der Waals surface area contributed by atoms with Gasteiger partial charge in [-0.15, -0.1) is 11.3 Å². The zero-order valence-corrected chi connectivity index (χ0v) is 14.4. The summed E-state index contributed by atoms with van der Waals surface area (Å²) in [6, 6.07) is 7.48. The van der Waals surface area contributed by atoms with Gasteiger partial charge in [-0.1, -0.05) is 19.1 Å². The topological polar surface area (TPSA) is 71.1 Å². The lowest BCUT2D eigenvalue weighted by atomic mass is 10.2. The molecule has 0 spiro atoms. The number of aryl methyl sites for hydroxylation is 2. The fourth-order valence-corrected chi connectivity index (χ4v) is 3.00. The molecule has 1 aromatic heterocycles. The highest BCUT2D eigenvalue weighted by Gasteiger charge is 2.13. The summed E-state index contributed by atoms with van der Waals surface area (Å²) in [7, 11) is 0. The van der Waals surface area contributed by atoms with Gasteiger partial charge in [-0.3, -0.25) is 9.59 Å². The fraction of sp³-hybridized carbons (Fsp3) is 0.353. The van der Waals surface area contributed by atoms with Crippen molar-refractivity contribution in [3.05, 3.63) is 45.4 Å². The van der Waals surface area contributed by atoms with E-state index in [0.29, 0.717) is 17.8 Å². The van der Waals surface area contributed by atoms with E-state index in [2.05, 4.69) is 15.6 Å². The molecule has 0 fully saturated rings. The lowest BCUT2D eigenvalue weighted by molar-refractivity contribution is -0.116. The number of amides is 2. The van der Waals surface area contributed by atoms with Crippen LogP contribution in [0.1, 0.15) is 45.7 Å². The Bertz CT molecular complexity index is 692. The second-order valence-electron chi connectivity index (χ2n) is 5.33. The van der Waals surface area contributed by atoms with Crippen LogP contribution in [0.25, 0.3) is 0 Å². The SMILES string of the molecule is CCCC(=O)Nc1ccc(CNC(=O)c2sc(C)nc2C)cc1. The molecule has 0 atom stereocenters. The minimum atomic E-state index is -0.103. The quantitative estimate of drug-likeness (QED) is 0.852. The summed E-state index contributed by atoms with van der Waals surface area (Å²) >= 11 is 1.40. The van der Waals surface area contributed by atoms with Crippen LogP contribution >= 0.6 is 11.3 Å². The molecule has 0 saturated heterocycles. The van der Waals surface area contributed by atoms with Crippen LogP contribution in [0.4, 0.5) is 5.69 Å². The van der Waals surface area contributed by atoms with Crippen molar-refractivity contribution in [3.8, 4) is 0 Å². The third-order valence-corrected chi connectivity index (χ3v) is 4.35. The molecule has 2 N–H and O–H groups in total. The van der Waals surface area contributed by atoms with Crippen LogP contribution in [0.5, 0.6) is 0 Å². The van der Waals surface area contributed by atoms with Gasteiger partial charge in [-0.05, 0) is 38.0 Å². The Hall–Kier alpha value is -2.21. The summed E-state index contributed by atoms with van der Waals surface area (Å²) in [5, 5.41) is 6.62. The van der Waals surface area contributed by atoms with E-state index < -0.39 is 0 Å². The summed E-state index contributed by atoms with van der Waals surface area (Å²) in [5.74, 6) is -0.0852. The van der Waals surface area contributed by atoms with Crippen LogP contribution in [-0.2, 0) is 11.3 Å². The molecule has 1 heterocycles. The number of thiazole rings is 1. The van der Waals surface area contributed by atoms with Crippen LogP contribution < -0.4 is 10.6 Å². The number of aromatic nitrogens is 1. The molecule has 0 bridgehead atoms. The molecule has 6 heteroatoms. The number of carbonyl (C=O) groups is 2. The highest BCUT2D eigenvalue weighted by Crippen LogP contribution is 2.17. The Morgan fingerprint density at radius 3 is 2.43 bits per heavy atom. The Kier molecular flexibility index (Phi) is 5.87. The molecule has 0 radical (unpaired) electrons. The second kappa shape index (κ2) is 7.87. The monoisotopic (exact) mass is 331 g/mol. The van der Waals surface area contributed by atoms with Gasteiger partial charge in [0.25, 0.3) is 5.91 Å². The summed E-state index contributed by atoms with van der Waals surface area (Å²) in [4.78, 5) is 28.6. The molecule has 0 aliphatic rings. The normalized spacial score (nSPS) is 10.4. The molecule has 1 aromatic carbocycles. The van der Waals surface area contributed by atoms with Crippen LogP contribution in [0, 0.1) is 13.8 Å². The van der Waals surface area contributed by atoms with Crippen LogP contribution in [-0.4, -0.2) is 16.8 Å². The van der Waals surface area contributed by atoms with Gasteiger partial charge in [-0.25, -0.2) is 4.98 Å². The molecule has 0 aliphatic heterocycles. The first-order valence-corrected chi connectivity index (χ1v) is 8.42. The van der Waals surface area contributed by atoms with Crippen LogP contribution in [0.3, 0.4) is 0 Å². The fourth-order valence-electron chi connectivity index (χ4n) is 2.16. The van der Waals surface area contributed by atoms with Crippen molar-refractivity contribution in [2.24, 2.45) is 0 Å². The van der Waals surface area contributed by atoms with Crippen molar-refractivity contribution in [2.45, 2.75) is 40.2 Å². The summed E-state index contributed by atoms with van der Waals surface area (Å²) < 4.78 is 0. The number of nitrogens with one attached hydrogen (secondary N) is 2. The van der Waals surface area contributed by atoms with E-state index in [-0.39, 0.29) is 11.8 Å². The standard InChI is InChI=1S/C17H21N3O2S/c1-4-5-15(21)20-14-8-6-13(7-9-14)10-18-17(22)16-11(2)19-12(3)23-16/h6-9H,4-5,10H2,1-3H3,(H,18,22)(H,20,21). The first kappa shape index (κ1) is 17.1. The number of nitrogens with zero attached hydrogens (tertiary/aromatic N) is 1. The zero-order chi connectivity index (χ0) is 16.8. The number of rotatable bonds is 6. The van der Waals surface area contributed by atoms with E-state index in [1.54, 1.807) is 0 Å². The molecule has 0 saturated carbocycles. The average molecular weight is 331 g/mol. The van der Waals surface area contributed by atoms with Crippen molar-refractivity contribution in [1.29, 1.82) is 0 Å². The Balaban J connectivity index is 1.90. The van der Waals surface area contributed by atoms with Gasteiger partial charge in [0.2, 0.25) is 5.91 Å². The lowest BCUT2D eigenvalue weighted by Crippen LogP contribution is -2.22. The van der Waals surface area contributed by atoms with E-state index in [1.165, 1.54) is 11.3 Å². The molecule has 2 rings (SSSR count). The molecule has 23 heavy (non-hydrogen) atoms. The first-order valence-electron chi connectivity index (χ1n) is 7.60.